The van der Waals surface area contributed by atoms with Crippen LogP contribution in [0.15, 0.2) is 46.1 Å². The number of nitrogens with one attached hydrogen (secondary N) is 1. The van der Waals surface area contributed by atoms with Gasteiger partial charge in [-0.1, -0.05) is 17.3 Å². The first kappa shape index (κ1) is 24.4. The van der Waals surface area contributed by atoms with Crippen molar-refractivity contribution >= 4 is 35.6 Å². The molecule has 3 rings (SSSR count). The molecule has 0 spiro atoms. The van der Waals surface area contributed by atoms with E-state index in [1.165, 1.54) is 6.07 Å². The minimum atomic E-state index is -0.185. The van der Waals surface area contributed by atoms with E-state index in [1.807, 2.05) is 24.1 Å². The average molecular weight is 530 g/mol. The highest BCUT2D eigenvalue weighted by Gasteiger charge is 2.20. The fourth-order valence-electron chi connectivity index (χ4n) is 3.47. The Labute approximate surface area is 195 Å². The van der Waals surface area contributed by atoms with Crippen LogP contribution in [0.1, 0.15) is 19.0 Å². The molecule has 1 aromatic heterocycles. The number of rotatable bonds is 8. The van der Waals surface area contributed by atoms with Crippen molar-refractivity contribution in [2.75, 3.05) is 57.8 Å². The number of halogens is 2. The summed E-state index contributed by atoms with van der Waals surface area (Å²) < 4.78 is 18.8. The highest BCUT2D eigenvalue weighted by Crippen LogP contribution is 2.17. The van der Waals surface area contributed by atoms with Crippen LogP contribution in [0.25, 0.3) is 0 Å². The molecule has 1 saturated heterocycles. The fraction of sp³-hybridized carbons (Fsp3) is 0.524. The van der Waals surface area contributed by atoms with E-state index in [0.717, 1.165) is 63.9 Å². The predicted molar refractivity (Wildman–Crippen MR) is 129 cm³/mol. The van der Waals surface area contributed by atoms with E-state index in [2.05, 4.69) is 27.2 Å². The minimum absolute atomic E-state index is 0. The first-order chi connectivity index (χ1) is 14.2. The Balaban J connectivity index is 0.00000320. The lowest BCUT2D eigenvalue weighted by Gasteiger charge is -2.36. The molecule has 0 atom stereocenters. The normalized spacial score (nSPS) is 15.0. The second-order valence-electron chi connectivity index (χ2n) is 7.22. The third kappa shape index (κ3) is 7.12. The number of anilines is 1. The largest absolute Gasteiger partial charge is 0.372 e. The molecule has 2 heterocycles. The summed E-state index contributed by atoms with van der Waals surface area (Å²) in [7, 11) is 1.92. The number of benzene rings is 1. The lowest BCUT2D eigenvalue weighted by molar-refractivity contribution is 0.169. The highest BCUT2D eigenvalue weighted by atomic mass is 127. The van der Waals surface area contributed by atoms with Gasteiger partial charge < -0.3 is 19.6 Å². The molecule has 1 fully saturated rings. The Morgan fingerprint density at radius 3 is 2.67 bits per heavy atom. The van der Waals surface area contributed by atoms with Gasteiger partial charge in [0.15, 0.2) is 5.96 Å². The van der Waals surface area contributed by atoms with Crippen LogP contribution in [0, 0.1) is 5.82 Å². The van der Waals surface area contributed by atoms with Crippen molar-refractivity contribution in [3.05, 3.63) is 48.1 Å². The lowest BCUT2D eigenvalue weighted by atomic mass is 10.2. The van der Waals surface area contributed by atoms with Crippen molar-refractivity contribution in [3.8, 4) is 0 Å². The molecule has 30 heavy (non-hydrogen) atoms. The lowest BCUT2D eigenvalue weighted by Crippen LogP contribution is -2.52. The number of guanidine groups is 1. The minimum Gasteiger partial charge on any atom is -0.372 e. The number of piperazine rings is 1. The van der Waals surface area contributed by atoms with E-state index >= 15 is 0 Å². The van der Waals surface area contributed by atoms with Crippen LogP contribution in [-0.4, -0.2) is 73.8 Å². The maximum absolute atomic E-state index is 13.9. The molecule has 2 aromatic rings. The molecule has 7 nitrogen and oxygen atoms in total. The second-order valence-corrected chi connectivity index (χ2v) is 7.22. The van der Waals surface area contributed by atoms with E-state index in [9.17, 15) is 4.39 Å². The summed E-state index contributed by atoms with van der Waals surface area (Å²) in [4.78, 5) is 11.4. The highest BCUT2D eigenvalue weighted by molar-refractivity contribution is 14.0. The van der Waals surface area contributed by atoms with Gasteiger partial charge in [-0.15, -0.1) is 24.0 Å². The molecular weight excluding hydrogens is 498 g/mol. The summed E-state index contributed by atoms with van der Waals surface area (Å²) in [6.07, 6.45) is 2.48. The van der Waals surface area contributed by atoms with Gasteiger partial charge >= 0.3 is 0 Å². The summed E-state index contributed by atoms with van der Waals surface area (Å²) in [5, 5.41) is 7.39. The zero-order valence-corrected chi connectivity index (χ0v) is 20.1. The maximum Gasteiger partial charge on any atom is 0.194 e. The van der Waals surface area contributed by atoms with E-state index in [-0.39, 0.29) is 29.8 Å². The van der Waals surface area contributed by atoms with Gasteiger partial charge in [0.1, 0.15) is 12.1 Å². The first-order valence-corrected chi connectivity index (χ1v) is 10.3. The SMILES string of the molecule is CCNC(=NCCCN(C)c1ccccc1F)N1CCN(Cc2ccon2)CC1.I. The average Bonchev–Trinajstić information content (AvgIpc) is 3.24. The number of para-hydroxylation sites is 1. The van der Waals surface area contributed by atoms with Crippen molar-refractivity contribution in [1.82, 2.24) is 20.3 Å². The van der Waals surface area contributed by atoms with E-state index in [1.54, 1.807) is 18.4 Å². The van der Waals surface area contributed by atoms with Gasteiger partial charge in [0, 0.05) is 65.5 Å². The standard InChI is InChI=1S/C21H31FN6O.HI/c1-3-23-21(24-10-6-11-26(2)20-8-5-4-7-19(20)22)28-14-12-27(13-15-28)17-18-9-16-29-25-18;/h4-5,7-9,16H,3,6,10-15,17H2,1-2H3,(H,23,24);1H. The van der Waals surface area contributed by atoms with Crippen LogP contribution in [0.4, 0.5) is 10.1 Å². The van der Waals surface area contributed by atoms with E-state index in [4.69, 9.17) is 9.52 Å². The molecule has 0 bridgehead atoms. The fourth-order valence-corrected chi connectivity index (χ4v) is 3.47. The van der Waals surface area contributed by atoms with Crippen LogP contribution < -0.4 is 10.2 Å². The zero-order valence-electron chi connectivity index (χ0n) is 17.8. The van der Waals surface area contributed by atoms with Crippen molar-refractivity contribution in [2.24, 2.45) is 4.99 Å². The molecule has 0 amide bonds. The zero-order chi connectivity index (χ0) is 20.5. The third-order valence-electron chi connectivity index (χ3n) is 5.06. The van der Waals surface area contributed by atoms with Crippen LogP contribution in [0.2, 0.25) is 0 Å². The van der Waals surface area contributed by atoms with Crippen molar-refractivity contribution < 1.29 is 8.91 Å². The summed E-state index contributed by atoms with van der Waals surface area (Å²) in [5.74, 6) is 0.775. The van der Waals surface area contributed by atoms with Gasteiger partial charge in [-0.3, -0.25) is 9.89 Å². The van der Waals surface area contributed by atoms with Gasteiger partial charge in [-0.25, -0.2) is 4.39 Å². The Morgan fingerprint density at radius 2 is 2.00 bits per heavy atom. The Morgan fingerprint density at radius 1 is 1.23 bits per heavy atom. The Hall–Kier alpha value is -1.88. The van der Waals surface area contributed by atoms with Crippen molar-refractivity contribution in [3.63, 3.8) is 0 Å². The maximum atomic E-state index is 13.9. The van der Waals surface area contributed by atoms with E-state index < -0.39 is 0 Å². The van der Waals surface area contributed by atoms with Crippen molar-refractivity contribution in [2.45, 2.75) is 19.9 Å². The molecule has 1 aliphatic heterocycles. The number of hydrogen-bond acceptors (Lipinski definition) is 5. The van der Waals surface area contributed by atoms with Crippen LogP contribution in [0.3, 0.4) is 0 Å². The monoisotopic (exact) mass is 530 g/mol. The molecule has 166 valence electrons. The molecule has 1 aromatic carbocycles. The van der Waals surface area contributed by atoms with Gasteiger partial charge in [-0.2, -0.15) is 0 Å². The quantitative estimate of drug-likeness (QED) is 0.245. The molecule has 0 aliphatic carbocycles. The van der Waals surface area contributed by atoms with Gasteiger partial charge in [-0.05, 0) is 25.5 Å². The molecule has 1 aliphatic rings. The summed E-state index contributed by atoms with van der Waals surface area (Å²) in [6, 6.07) is 8.79. The predicted octanol–water partition coefficient (Wildman–Crippen LogP) is 3.04. The molecule has 9 heteroatoms. The summed E-state index contributed by atoms with van der Waals surface area (Å²) in [6.45, 7) is 9.00. The number of aromatic nitrogens is 1. The Kier molecular flexibility index (Phi) is 10.4. The number of hydrogen-bond donors (Lipinski definition) is 1. The first-order valence-electron chi connectivity index (χ1n) is 10.3. The Bertz CT molecular complexity index is 765. The van der Waals surface area contributed by atoms with Crippen LogP contribution in [0.5, 0.6) is 0 Å². The molecule has 0 radical (unpaired) electrons. The van der Waals surface area contributed by atoms with Crippen LogP contribution >= 0.6 is 24.0 Å². The summed E-state index contributed by atoms with van der Waals surface area (Å²) in [5.41, 5.74) is 1.60. The molecule has 0 saturated carbocycles. The van der Waals surface area contributed by atoms with Crippen LogP contribution in [-0.2, 0) is 6.54 Å². The van der Waals surface area contributed by atoms with Gasteiger partial charge in [0.05, 0.1) is 11.4 Å². The van der Waals surface area contributed by atoms with E-state index in [0.29, 0.717) is 12.2 Å². The molecule has 1 N–H and O–H groups in total. The number of aliphatic imine (C=N–C) groups is 1. The van der Waals surface area contributed by atoms with Crippen molar-refractivity contribution in [1.29, 1.82) is 0 Å². The second kappa shape index (κ2) is 12.7. The van der Waals surface area contributed by atoms with Gasteiger partial charge in [0.2, 0.25) is 0 Å². The molecule has 0 unspecified atom stereocenters. The summed E-state index contributed by atoms with van der Waals surface area (Å²) >= 11 is 0. The smallest absolute Gasteiger partial charge is 0.194 e. The number of nitrogens with zero attached hydrogens (tertiary/aromatic N) is 5. The molecular formula is C21H32FIN6O. The third-order valence-corrected chi connectivity index (χ3v) is 5.06. The topological polar surface area (TPSA) is 60.1 Å². The van der Waals surface area contributed by atoms with Gasteiger partial charge in [0.25, 0.3) is 0 Å².